The van der Waals surface area contributed by atoms with E-state index < -0.39 is 0 Å². The molecule has 0 spiro atoms. The molecule has 0 bridgehead atoms. The lowest BCUT2D eigenvalue weighted by Gasteiger charge is -2.11. The van der Waals surface area contributed by atoms with E-state index in [4.69, 9.17) is 17.3 Å². The van der Waals surface area contributed by atoms with Crippen molar-refractivity contribution in [2.45, 2.75) is 25.8 Å². The lowest BCUT2D eigenvalue weighted by atomic mass is 10.2. The van der Waals surface area contributed by atoms with Crippen molar-refractivity contribution < 1.29 is 0 Å². The van der Waals surface area contributed by atoms with E-state index in [1.165, 1.54) is 0 Å². The molecular formula is C10H16ClN3. The van der Waals surface area contributed by atoms with Gasteiger partial charge in [-0.05, 0) is 18.6 Å². The summed E-state index contributed by atoms with van der Waals surface area (Å²) in [5, 5.41) is 3.81. The average Bonchev–Trinajstić information content (AvgIpc) is 2.17. The Morgan fingerprint density at radius 3 is 2.93 bits per heavy atom. The van der Waals surface area contributed by atoms with Crippen molar-refractivity contribution in [2.24, 2.45) is 5.73 Å². The van der Waals surface area contributed by atoms with Crippen LogP contribution in [0.2, 0.25) is 5.02 Å². The van der Waals surface area contributed by atoms with E-state index in [1.54, 1.807) is 6.20 Å². The van der Waals surface area contributed by atoms with E-state index in [1.807, 2.05) is 12.1 Å². The number of halogens is 1. The van der Waals surface area contributed by atoms with Crippen LogP contribution < -0.4 is 11.1 Å². The predicted octanol–water partition coefficient (Wildman–Crippen LogP) is 2.27. The van der Waals surface area contributed by atoms with Crippen LogP contribution >= 0.6 is 11.6 Å². The van der Waals surface area contributed by atoms with E-state index >= 15 is 0 Å². The fourth-order valence-corrected chi connectivity index (χ4v) is 1.30. The van der Waals surface area contributed by atoms with Gasteiger partial charge >= 0.3 is 0 Å². The van der Waals surface area contributed by atoms with Gasteiger partial charge in [-0.15, -0.1) is 0 Å². The quantitative estimate of drug-likeness (QED) is 0.789. The third-order valence-corrected chi connectivity index (χ3v) is 2.16. The van der Waals surface area contributed by atoms with E-state index in [0.29, 0.717) is 5.02 Å². The first-order valence-electron chi connectivity index (χ1n) is 4.83. The van der Waals surface area contributed by atoms with Crippen molar-refractivity contribution in [3.63, 3.8) is 0 Å². The van der Waals surface area contributed by atoms with Crippen molar-refractivity contribution in [1.29, 1.82) is 0 Å². The molecule has 1 heterocycles. The SMILES string of the molecule is CCCC(N)CNc1ccc(Cl)cn1. The van der Waals surface area contributed by atoms with Gasteiger partial charge < -0.3 is 11.1 Å². The Balaban J connectivity index is 2.34. The van der Waals surface area contributed by atoms with E-state index in [-0.39, 0.29) is 6.04 Å². The summed E-state index contributed by atoms with van der Waals surface area (Å²) in [5.74, 6) is 0.820. The normalized spacial score (nSPS) is 12.5. The number of hydrogen-bond acceptors (Lipinski definition) is 3. The van der Waals surface area contributed by atoms with Crippen molar-refractivity contribution in [3.05, 3.63) is 23.4 Å². The molecule has 0 radical (unpaired) electrons. The molecule has 0 aliphatic heterocycles. The summed E-state index contributed by atoms with van der Waals surface area (Å²) in [6, 6.07) is 3.85. The van der Waals surface area contributed by atoms with Gasteiger partial charge in [0.05, 0.1) is 5.02 Å². The second kappa shape index (κ2) is 5.83. The molecule has 0 aliphatic rings. The van der Waals surface area contributed by atoms with Crippen LogP contribution in [-0.4, -0.2) is 17.6 Å². The molecule has 0 saturated heterocycles. The van der Waals surface area contributed by atoms with Gasteiger partial charge in [0.25, 0.3) is 0 Å². The van der Waals surface area contributed by atoms with Gasteiger partial charge in [-0.3, -0.25) is 0 Å². The maximum atomic E-state index is 5.85. The molecule has 0 fully saturated rings. The Morgan fingerprint density at radius 1 is 1.57 bits per heavy atom. The van der Waals surface area contributed by atoms with Crippen molar-refractivity contribution in [2.75, 3.05) is 11.9 Å². The molecule has 1 rings (SSSR count). The molecule has 4 heteroatoms. The van der Waals surface area contributed by atoms with Crippen molar-refractivity contribution in [3.8, 4) is 0 Å². The van der Waals surface area contributed by atoms with Gasteiger partial charge in [-0.1, -0.05) is 24.9 Å². The van der Waals surface area contributed by atoms with Gasteiger partial charge in [0.2, 0.25) is 0 Å². The summed E-state index contributed by atoms with van der Waals surface area (Å²) in [5.41, 5.74) is 5.85. The molecule has 0 amide bonds. The summed E-state index contributed by atoms with van der Waals surface area (Å²) in [6.07, 6.45) is 3.76. The van der Waals surface area contributed by atoms with Crippen LogP contribution in [0.25, 0.3) is 0 Å². The van der Waals surface area contributed by atoms with Crippen LogP contribution in [0.3, 0.4) is 0 Å². The van der Waals surface area contributed by atoms with E-state index in [2.05, 4.69) is 17.2 Å². The summed E-state index contributed by atoms with van der Waals surface area (Å²) < 4.78 is 0. The molecule has 14 heavy (non-hydrogen) atoms. The highest BCUT2D eigenvalue weighted by Gasteiger charge is 2.00. The van der Waals surface area contributed by atoms with E-state index in [0.717, 1.165) is 25.2 Å². The molecular weight excluding hydrogens is 198 g/mol. The maximum absolute atomic E-state index is 5.85. The van der Waals surface area contributed by atoms with Crippen LogP contribution in [0.5, 0.6) is 0 Å². The van der Waals surface area contributed by atoms with Crippen LogP contribution in [0.1, 0.15) is 19.8 Å². The first-order valence-corrected chi connectivity index (χ1v) is 5.21. The van der Waals surface area contributed by atoms with Crippen molar-refractivity contribution in [1.82, 2.24) is 4.98 Å². The van der Waals surface area contributed by atoms with Gasteiger partial charge in [-0.2, -0.15) is 0 Å². The number of pyridine rings is 1. The van der Waals surface area contributed by atoms with Crippen LogP contribution in [0, 0.1) is 0 Å². The molecule has 1 unspecified atom stereocenters. The van der Waals surface area contributed by atoms with Gasteiger partial charge in [0, 0.05) is 18.8 Å². The predicted molar refractivity (Wildman–Crippen MR) is 60.6 cm³/mol. The first kappa shape index (κ1) is 11.3. The Morgan fingerprint density at radius 2 is 2.36 bits per heavy atom. The summed E-state index contributed by atoms with van der Waals surface area (Å²) >= 11 is 5.71. The summed E-state index contributed by atoms with van der Waals surface area (Å²) in [4.78, 5) is 4.11. The smallest absolute Gasteiger partial charge is 0.126 e. The molecule has 0 aliphatic carbocycles. The van der Waals surface area contributed by atoms with Gasteiger partial charge in [0.1, 0.15) is 5.82 Å². The minimum atomic E-state index is 0.192. The zero-order valence-corrected chi connectivity index (χ0v) is 9.09. The Hall–Kier alpha value is -0.800. The second-order valence-electron chi connectivity index (χ2n) is 3.29. The van der Waals surface area contributed by atoms with Gasteiger partial charge in [-0.25, -0.2) is 4.98 Å². The summed E-state index contributed by atoms with van der Waals surface area (Å²) in [7, 11) is 0. The lowest BCUT2D eigenvalue weighted by molar-refractivity contribution is 0.626. The third kappa shape index (κ3) is 3.94. The van der Waals surface area contributed by atoms with Crippen molar-refractivity contribution >= 4 is 17.4 Å². The monoisotopic (exact) mass is 213 g/mol. The first-order chi connectivity index (χ1) is 6.72. The zero-order chi connectivity index (χ0) is 10.4. The summed E-state index contributed by atoms with van der Waals surface area (Å²) in [6.45, 7) is 2.88. The largest absolute Gasteiger partial charge is 0.369 e. The molecule has 3 nitrogen and oxygen atoms in total. The number of nitrogens with one attached hydrogen (secondary N) is 1. The highest BCUT2D eigenvalue weighted by Crippen LogP contribution is 2.09. The average molecular weight is 214 g/mol. The zero-order valence-electron chi connectivity index (χ0n) is 8.33. The number of hydrogen-bond donors (Lipinski definition) is 2. The highest BCUT2D eigenvalue weighted by atomic mass is 35.5. The molecule has 0 aromatic carbocycles. The number of nitrogens with two attached hydrogens (primary N) is 1. The lowest BCUT2D eigenvalue weighted by Crippen LogP contribution is -2.28. The molecule has 0 saturated carbocycles. The highest BCUT2D eigenvalue weighted by molar-refractivity contribution is 6.30. The fourth-order valence-electron chi connectivity index (χ4n) is 1.19. The van der Waals surface area contributed by atoms with E-state index in [9.17, 15) is 0 Å². The van der Waals surface area contributed by atoms with Crippen LogP contribution in [0.4, 0.5) is 5.82 Å². The molecule has 3 N–H and O–H groups in total. The fraction of sp³-hybridized carbons (Fsp3) is 0.500. The maximum Gasteiger partial charge on any atom is 0.126 e. The van der Waals surface area contributed by atoms with Crippen LogP contribution in [-0.2, 0) is 0 Å². The topological polar surface area (TPSA) is 50.9 Å². The number of rotatable bonds is 5. The van der Waals surface area contributed by atoms with Crippen LogP contribution in [0.15, 0.2) is 18.3 Å². The number of aromatic nitrogens is 1. The number of nitrogens with zero attached hydrogens (tertiary/aromatic N) is 1. The Labute approximate surface area is 89.7 Å². The molecule has 1 atom stereocenters. The molecule has 1 aromatic heterocycles. The minimum Gasteiger partial charge on any atom is -0.369 e. The standard InChI is InChI=1S/C10H16ClN3/c1-2-3-9(12)7-14-10-5-4-8(11)6-13-10/h4-6,9H,2-3,7,12H2,1H3,(H,13,14). The van der Waals surface area contributed by atoms with Gasteiger partial charge in [0.15, 0.2) is 0 Å². The molecule has 1 aromatic rings. The third-order valence-electron chi connectivity index (χ3n) is 1.93. The number of anilines is 1. The Bertz CT molecular complexity index is 261. The second-order valence-corrected chi connectivity index (χ2v) is 3.73. The minimum absolute atomic E-state index is 0.192. The molecule has 78 valence electrons. The Kier molecular flexibility index (Phi) is 4.70.